The standard InChI is InChI=1S/C22H32N2O4/c1-22(2,3)15-4-6-16(7-5-15)23-10-12-24(13-11-23)20(26)18-9-8-17(25)14-19(18)21(27)28/h4-7,17-19,25H,8-14H2,1-3H3,(H,27,28). The molecule has 0 spiro atoms. The number of amides is 1. The molecule has 1 heterocycles. The summed E-state index contributed by atoms with van der Waals surface area (Å²) in [5.41, 5.74) is 2.58. The van der Waals surface area contributed by atoms with E-state index in [0.717, 1.165) is 18.8 Å². The fourth-order valence-electron chi connectivity index (χ4n) is 4.31. The van der Waals surface area contributed by atoms with Crippen LogP contribution < -0.4 is 4.90 Å². The Labute approximate surface area is 167 Å². The SMILES string of the molecule is CC(C)(C)c1ccc(N2CCN(C(=O)C3CCC(O)CC3C(=O)O)CC2)cc1. The number of aliphatic hydroxyl groups excluding tert-OH is 1. The highest BCUT2D eigenvalue weighted by atomic mass is 16.4. The molecule has 1 aromatic carbocycles. The third-order valence-corrected chi connectivity index (χ3v) is 6.15. The highest BCUT2D eigenvalue weighted by Gasteiger charge is 2.41. The van der Waals surface area contributed by atoms with E-state index in [9.17, 15) is 19.8 Å². The molecule has 0 aromatic heterocycles. The molecule has 2 fully saturated rings. The third-order valence-electron chi connectivity index (χ3n) is 6.15. The Balaban J connectivity index is 1.60. The number of aliphatic hydroxyl groups is 1. The van der Waals surface area contributed by atoms with E-state index in [0.29, 0.717) is 25.9 Å². The second-order valence-corrected chi connectivity index (χ2v) is 9.13. The van der Waals surface area contributed by atoms with Gasteiger partial charge in [0.2, 0.25) is 5.91 Å². The molecule has 3 rings (SSSR count). The molecule has 6 nitrogen and oxygen atoms in total. The zero-order valence-corrected chi connectivity index (χ0v) is 17.1. The minimum Gasteiger partial charge on any atom is -0.481 e. The average molecular weight is 389 g/mol. The number of hydrogen-bond acceptors (Lipinski definition) is 4. The largest absolute Gasteiger partial charge is 0.481 e. The molecule has 0 bridgehead atoms. The van der Waals surface area contributed by atoms with E-state index >= 15 is 0 Å². The maximum absolute atomic E-state index is 12.9. The number of piperazine rings is 1. The maximum Gasteiger partial charge on any atom is 0.307 e. The van der Waals surface area contributed by atoms with Crippen LogP contribution >= 0.6 is 0 Å². The van der Waals surface area contributed by atoms with E-state index in [-0.39, 0.29) is 17.7 Å². The summed E-state index contributed by atoms with van der Waals surface area (Å²) < 4.78 is 0. The fourth-order valence-corrected chi connectivity index (χ4v) is 4.31. The zero-order valence-electron chi connectivity index (χ0n) is 17.1. The molecule has 1 aliphatic carbocycles. The molecule has 6 heteroatoms. The second-order valence-electron chi connectivity index (χ2n) is 9.13. The summed E-state index contributed by atoms with van der Waals surface area (Å²) >= 11 is 0. The van der Waals surface area contributed by atoms with Gasteiger partial charge in [-0.3, -0.25) is 9.59 Å². The van der Waals surface area contributed by atoms with Crippen LogP contribution in [0.3, 0.4) is 0 Å². The first-order valence-corrected chi connectivity index (χ1v) is 10.2. The van der Waals surface area contributed by atoms with Crippen molar-refractivity contribution < 1.29 is 19.8 Å². The number of rotatable bonds is 3. The normalized spacial score (nSPS) is 26.2. The fraction of sp³-hybridized carbons (Fsp3) is 0.636. The second kappa shape index (κ2) is 8.11. The number of hydrogen-bond donors (Lipinski definition) is 2. The lowest BCUT2D eigenvalue weighted by atomic mass is 9.77. The van der Waals surface area contributed by atoms with Gasteiger partial charge in [0.1, 0.15) is 0 Å². The molecule has 28 heavy (non-hydrogen) atoms. The lowest BCUT2D eigenvalue weighted by Crippen LogP contribution is -2.52. The Morgan fingerprint density at radius 1 is 0.964 bits per heavy atom. The summed E-state index contributed by atoms with van der Waals surface area (Å²) in [5, 5.41) is 19.2. The molecular weight excluding hydrogens is 356 g/mol. The van der Waals surface area contributed by atoms with Crippen LogP contribution in [0.5, 0.6) is 0 Å². The van der Waals surface area contributed by atoms with Gasteiger partial charge >= 0.3 is 5.97 Å². The van der Waals surface area contributed by atoms with Crippen LogP contribution in [0, 0.1) is 11.8 Å². The minimum absolute atomic E-state index is 0.0676. The molecule has 0 radical (unpaired) electrons. The topological polar surface area (TPSA) is 81.1 Å². The van der Waals surface area contributed by atoms with Gasteiger partial charge in [-0.2, -0.15) is 0 Å². The van der Waals surface area contributed by atoms with Gasteiger partial charge in [0.15, 0.2) is 0 Å². The first-order valence-electron chi connectivity index (χ1n) is 10.2. The van der Waals surface area contributed by atoms with Crippen LogP contribution in [0.25, 0.3) is 0 Å². The van der Waals surface area contributed by atoms with Crippen molar-refractivity contribution in [3.8, 4) is 0 Å². The summed E-state index contributed by atoms with van der Waals surface area (Å²) in [6, 6.07) is 8.61. The number of carbonyl (C=O) groups is 2. The molecule has 1 saturated carbocycles. The smallest absolute Gasteiger partial charge is 0.307 e. The van der Waals surface area contributed by atoms with Crippen molar-refractivity contribution in [2.75, 3.05) is 31.1 Å². The number of nitrogens with zero attached hydrogens (tertiary/aromatic N) is 2. The molecule has 154 valence electrons. The Kier molecular flexibility index (Phi) is 5.98. The molecule has 1 saturated heterocycles. The predicted octanol–water partition coefficient (Wildman–Crippen LogP) is 2.49. The summed E-state index contributed by atoms with van der Waals surface area (Å²) in [5.74, 6) is -2.34. The van der Waals surface area contributed by atoms with Gasteiger partial charge in [0.05, 0.1) is 17.9 Å². The number of aliphatic carboxylic acids is 1. The maximum atomic E-state index is 12.9. The van der Waals surface area contributed by atoms with Gasteiger partial charge in [-0.25, -0.2) is 0 Å². The van der Waals surface area contributed by atoms with Crippen molar-refractivity contribution in [3.63, 3.8) is 0 Å². The van der Waals surface area contributed by atoms with Crippen LogP contribution in [0.4, 0.5) is 5.69 Å². The van der Waals surface area contributed by atoms with E-state index in [1.54, 1.807) is 4.90 Å². The van der Waals surface area contributed by atoms with E-state index in [1.165, 1.54) is 5.56 Å². The zero-order chi connectivity index (χ0) is 20.5. The van der Waals surface area contributed by atoms with Gasteiger partial charge in [0, 0.05) is 31.9 Å². The predicted molar refractivity (Wildman–Crippen MR) is 108 cm³/mol. The molecule has 1 aliphatic heterocycles. The van der Waals surface area contributed by atoms with Gasteiger partial charge < -0.3 is 20.0 Å². The first-order chi connectivity index (χ1) is 13.2. The number of carboxylic acid groups (broad SMARTS) is 1. The first kappa shape index (κ1) is 20.6. The van der Waals surface area contributed by atoms with Crippen molar-refractivity contribution >= 4 is 17.6 Å². The number of carbonyl (C=O) groups excluding carboxylic acids is 1. The van der Waals surface area contributed by atoms with Crippen molar-refractivity contribution in [2.24, 2.45) is 11.8 Å². The summed E-state index contributed by atoms with van der Waals surface area (Å²) in [6.07, 6.45) is 0.510. The van der Waals surface area contributed by atoms with Crippen LogP contribution in [0.15, 0.2) is 24.3 Å². The third kappa shape index (κ3) is 4.49. The molecule has 2 N–H and O–H groups in total. The quantitative estimate of drug-likeness (QED) is 0.832. The molecule has 2 aliphatic rings. The molecular formula is C22H32N2O4. The highest BCUT2D eigenvalue weighted by Crippen LogP contribution is 2.33. The molecule has 1 amide bonds. The summed E-state index contributed by atoms with van der Waals surface area (Å²) in [7, 11) is 0. The van der Waals surface area contributed by atoms with Crippen molar-refractivity contribution in [3.05, 3.63) is 29.8 Å². The Bertz CT molecular complexity index is 702. The van der Waals surface area contributed by atoms with Crippen LogP contribution in [-0.4, -0.2) is 59.3 Å². The van der Waals surface area contributed by atoms with Crippen molar-refractivity contribution in [1.29, 1.82) is 0 Å². The van der Waals surface area contributed by atoms with E-state index in [2.05, 4.69) is 49.9 Å². The van der Waals surface area contributed by atoms with Crippen molar-refractivity contribution in [1.82, 2.24) is 4.90 Å². The van der Waals surface area contributed by atoms with Gasteiger partial charge in [-0.15, -0.1) is 0 Å². The van der Waals surface area contributed by atoms with Gasteiger partial charge in [-0.05, 0) is 42.4 Å². The lowest BCUT2D eigenvalue weighted by molar-refractivity contribution is -0.154. The number of anilines is 1. The lowest BCUT2D eigenvalue weighted by Gasteiger charge is -2.40. The molecule has 1 aromatic rings. The van der Waals surface area contributed by atoms with Crippen LogP contribution in [-0.2, 0) is 15.0 Å². The highest BCUT2D eigenvalue weighted by molar-refractivity contribution is 5.85. The van der Waals surface area contributed by atoms with Crippen molar-refractivity contribution in [2.45, 2.75) is 51.6 Å². The van der Waals surface area contributed by atoms with Gasteiger partial charge in [-0.1, -0.05) is 32.9 Å². The minimum atomic E-state index is -0.977. The average Bonchev–Trinajstić information content (AvgIpc) is 2.67. The number of carboxylic acids is 1. The Morgan fingerprint density at radius 2 is 1.57 bits per heavy atom. The van der Waals surface area contributed by atoms with Crippen LogP contribution in [0.1, 0.15) is 45.6 Å². The monoisotopic (exact) mass is 388 g/mol. The van der Waals surface area contributed by atoms with Crippen LogP contribution in [0.2, 0.25) is 0 Å². The van der Waals surface area contributed by atoms with E-state index in [4.69, 9.17) is 0 Å². The summed E-state index contributed by atoms with van der Waals surface area (Å²) in [4.78, 5) is 28.6. The van der Waals surface area contributed by atoms with E-state index < -0.39 is 23.9 Å². The molecule has 3 atom stereocenters. The van der Waals surface area contributed by atoms with Gasteiger partial charge in [0.25, 0.3) is 0 Å². The number of benzene rings is 1. The Hall–Kier alpha value is -2.08. The summed E-state index contributed by atoms with van der Waals surface area (Å²) in [6.45, 7) is 9.28. The Morgan fingerprint density at radius 3 is 2.11 bits per heavy atom. The molecule has 3 unspecified atom stereocenters. The van der Waals surface area contributed by atoms with E-state index in [1.807, 2.05) is 0 Å².